The molecule has 0 unspecified atom stereocenters. The maximum atomic E-state index is 14.8. The number of amides is 3. The summed E-state index contributed by atoms with van der Waals surface area (Å²) in [5.74, 6) is 0.441. The molecule has 6 aromatic heterocycles. The third-order valence-electron chi connectivity index (χ3n) is 21.9. The molecule has 6 aliphatic rings. The number of carbonyl (C=O) groups is 4. The van der Waals surface area contributed by atoms with Gasteiger partial charge in [-0.25, -0.2) is 22.8 Å². The minimum atomic E-state index is -1.28. The van der Waals surface area contributed by atoms with Gasteiger partial charge in [-0.1, -0.05) is 36.4 Å². The SMILES string of the molecule is CC(=O)COC(=O)N1CCC(N2CCC(c3nc(-n4nc(C(C)(C)O)c5cccc(F)c54)no3)CC2)CC1.CC(C)(C)OC(=O)N1CCC(N2CCC(c3nc(-n4nc(C(C)(C)O)c5cccc(F)c54)no3)CC2)CC1.CC(C)(O)c1nn(-c2noc(C3CCN(C4CCN(C(=O)CO)CC4)CC3)n2)c2c(F)cccc12. The van der Waals surface area contributed by atoms with Gasteiger partial charge in [0.05, 0.1) is 0 Å². The number of benzene rings is 3. The molecule has 0 aliphatic carbocycles. The number of ether oxygens (including phenoxy) is 2. The van der Waals surface area contributed by atoms with E-state index in [9.17, 15) is 47.7 Å². The lowest BCUT2D eigenvalue weighted by Gasteiger charge is -2.41. The first-order chi connectivity index (χ1) is 52.8. The fourth-order valence-electron chi connectivity index (χ4n) is 16.1. The Morgan fingerprint density at radius 3 is 1.02 bits per heavy atom. The number of ketones is 1. The second-order valence-electron chi connectivity index (χ2n) is 32.5. The average molecular weight is 1540 g/mol. The molecular weight excluding hydrogens is 1440 g/mol. The van der Waals surface area contributed by atoms with Gasteiger partial charge >= 0.3 is 12.2 Å². The Balaban J connectivity index is 0.000000146. The Hall–Kier alpha value is -9.32. The van der Waals surface area contributed by atoms with Crippen LogP contribution in [0.15, 0.2) is 68.2 Å². The summed E-state index contributed by atoms with van der Waals surface area (Å²) in [5, 5.41) is 67.9. The lowest BCUT2D eigenvalue weighted by atomic mass is 9.93. The van der Waals surface area contributed by atoms with E-state index in [1.54, 1.807) is 92.6 Å². The largest absolute Gasteiger partial charge is 0.444 e. The third-order valence-corrected chi connectivity index (χ3v) is 21.9. The molecule has 0 saturated carbocycles. The maximum absolute atomic E-state index is 14.8. The highest BCUT2D eigenvalue weighted by molar-refractivity contribution is 5.86. The number of carbonyl (C=O) groups excluding carboxylic acids is 4. The van der Waals surface area contributed by atoms with Gasteiger partial charge in [0, 0.05) is 91.3 Å². The minimum Gasteiger partial charge on any atom is -0.444 e. The molecule has 12 heterocycles. The van der Waals surface area contributed by atoms with E-state index in [1.807, 2.05) is 20.8 Å². The number of aliphatic hydroxyl groups is 4. The van der Waals surface area contributed by atoms with Gasteiger partial charge in [0.15, 0.2) is 12.4 Å². The molecule has 0 radical (unpaired) electrons. The zero-order chi connectivity index (χ0) is 79.0. The summed E-state index contributed by atoms with van der Waals surface area (Å²) in [6.07, 6.45) is 9.85. The Morgan fingerprint density at radius 1 is 0.441 bits per heavy atom. The normalized spacial score (nSPS) is 18.7. The number of hydrogen-bond acceptors (Lipinski definition) is 25. The molecule has 31 nitrogen and oxygen atoms in total. The molecule has 4 N–H and O–H groups in total. The van der Waals surface area contributed by atoms with Crippen molar-refractivity contribution in [1.82, 2.24) is 89.2 Å². The predicted octanol–water partition coefficient (Wildman–Crippen LogP) is 9.44. The molecule has 111 heavy (non-hydrogen) atoms. The number of fused-ring (bicyclic) bond motifs is 3. The topological polar surface area (TPSA) is 357 Å². The lowest BCUT2D eigenvalue weighted by molar-refractivity contribution is -0.135. The number of aliphatic hydroxyl groups excluding tert-OH is 1. The van der Waals surface area contributed by atoms with E-state index in [1.165, 1.54) is 39.2 Å². The number of aromatic nitrogens is 12. The molecule has 6 aliphatic heterocycles. The Kier molecular flexibility index (Phi) is 23.6. The number of likely N-dealkylation sites (tertiary alicyclic amines) is 6. The third kappa shape index (κ3) is 18.0. The van der Waals surface area contributed by atoms with Gasteiger partial charge < -0.3 is 72.9 Å². The van der Waals surface area contributed by atoms with E-state index < -0.39 is 52.6 Å². The van der Waals surface area contributed by atoms with Gasteiger partial charge in [-0.05, 0) is 219 Å². The number of piperidine rings is 6. The predicted molar refractivity (Wildman–Crippen MR) is 397 cm³/mol. The fourth-order valence-corrected chi connectivity index (χ4v) is 16.1. The zero-order valence-electron chi connectivity index (χ0n) is 64.7. The lowest BCUT2D eigenvalue weighted by Crippen LogP contribution is -2.49. The minimum absolute atomic E-state index is 0.0783. The summed E-state index contributed by atoms with van der Waals surface area (Å²) in [7, 11) is 0. The van der Waals surface area contributed by atoms with Crippen LogP contribution >= 0.6 is 0 Å². The van der Waals surface area contributed by atoms with E-state index in [-0.39, 0.29) is 76.5 Å². The van der Waals surface area contributed by atoms with Crippen LogP contribution < -0.4 is 0 Å². The van der Waals surface area contributed by atoms with E-state index in [0.29, 0.717) is 108 Å². The van der Waals surface area contributed by atoms with Crippen LogP contribution in [0.25, 0.3) is 50.6 Å². The highest BCUT2D eigenvalue weighted by Crippen LogP contribution is 2.39. The van der Waals surface area contributed by atoms with Crippen molar-refractivity contribution in [3.05, 3.63) is 107 Å². The van der Waals surface area contributed by atoms with Gasteiger partial charge in [-0.2, -0.15) is 44.3 Å². The Bertz CT molecular complexity index is 4750. The number of nitrogens with zero attached hydrogens (tertiary/aromatic N) is 18. The van der Waals surface area contributed by atoms with E-state index >= 15 is 0 Å². The van der Waals surface area contributed by atoms with Crippen molar-refractivity contribution in [3.8, 4) is 17.8 Å². The summed E-state index contributed by atoms with van der Waals surface area (Å²) in [5.41, 5.74) is -2.64. The van der Waals surface area contributed by atoms with Crippen LogP contribution in [0.1, 0.15) is 199 Å². The molecule has 3 amide bonds. The highest BCUT2D eigenvalue weighted by Gasteiger charge is 2.39. The zero-order valence-corrected chi connectivity index (χ0v) is 64.7. The first-order valence-electron chi connectivity index (χ1n) is 38.5. The Labute approximate surface area is 639 Å². The van der Waals surface area contributed by atoms with Crippen molar-refractivity contribution >= 4 is 56.6 Å². The Morgan fingerprint density at radius 2 is 0.739 bits per heavy atom. The number of para-hydroxylation sites is 3. The van der Waals surface area contributed by atoms with Crippen molar-refractivity contribution in [2.45, 2.75) is 205 Å². The van der Waals surface area contributed by atoms with Crippen LogP contribution in [-0.2, 0) is 35.9 Å². The molecule has 0 spiro atoms. The quantitative estimate of drug-likeness (QED) is 0.0742. The van der Waals surface area contributed by atoms with Gasteiger partial charge in [0.2, 0.25) is 23.6 Å². The number of halogens is 3. The monoisotopic (exact) mass is 1540 g/mol. The van der Waals surface area contributed by atoms with Crippen molar-refractivity contribution in [1.29, 1.82) is 0 Å². The van der Waals surface area contributed by atoms with Crippen molar-refractivity contribution in [2.75, 3.05) is 91.8 Å². The number of Topliss-reactive ketones (excluding diaryl/α,β-unsaturated/α-hetero) is 1. The summed E-state index contributed by atoms with van der Waals surface area (Å²) >= 11 is 0. The van der Waals surface area contributed by atoms with Crippen LogP contribution in [0, 0.1) is 17.5 Å². The van der Waals surface area contributed by atoms with Crippen molar-refractivity contribution in [2.24, 2.45) is 0 Å². The van der Waals surface area contributed by atoms with Gasteiger partial charge in [-0.3, -0.25) is 9.59 Å². The van der Waals surface area contributed by atoms with Gasteiger partial charge in [0.25, 0.3) is 17.8 Å². The smallest absolute Gasteiger partial charge is 0.410 e. The summed E-state index contributed by atoms with van der Waals surface area (Å²) in [6.45, 7) is 25.4. The van der Waals surface area contributed by atoms with Crippen LogP contribution in [0.4, 0.5) is 22.8 Å². The van der Waals surface area contributed by atoms with Crippen LogP contribution in [-0.4, -0.2) is 249 Å². The van der Waals surface area contributed by atoms with Crippen molar-refractivity contribution in [3.63, 3.8) is 0 Å². The average Bonchev–Trinajstić information content (AvgIpc) is 1.61. The molecule has 3 aromatic carbocycles. The van der Waals surface area contributed by atoms with Gasteiger partial charge in [-0.15, -0.1) is 0 Å². The summed E-state index contributed by atoms with van der Waals surface area (Å²) < 4.78 is 75.6. The molecule has 0 bridgehead atoms. The van der Waals surface area contributed by atoms with Crippen LogP contribution in [0.5, 0.6) is 0 Å². The molecule has 6 fully saturated rings. The standard InChI is InChI=1S/C27H37FN6O4.C26H33FN6O5.C24H31FN6O4/c1-26(2,3)37-25(35)33-15-11-18(12-16-33)32-13-9-17(10-14-32)23-29-24(31-38-23)34-21-19(7-6-8-20(21)28)22(30-34)27(4,5)36;1-16(34)15-37-25(35)32-13-9-18(10-14-32)31-11-7-17(8-12-31)23-28-24(30-38-23)33-21-19(5-4-6-20(21)27)22(29-33)26(2,3)36;1-24(2,34)21-17-4-3-5-18(25)20(17)31(27-21)23-26-22(35-28-23)15-6-10-29(11-7-15)16-8-12-30(13-9-16)19(33)14-32/h6-8,17-18,36H,9-16H2,1-5H3;4-6,17-18,36H,7-15H2,1-3H3;3-5,15-16,32,34H,6-14H2,1-2H3. The van der Waals surface area contributed by atoms with Gasteiger partial charge in [0.1, 0.15) is 80.1 Å². The molecule has 6 saturated heterocycles. The van der Waals surface area contributed by atoms with E-state index in [0.717, 1.165) is 116 Å². The highest BCUT2D eigenvalue weighted by atomic mass is 19.1. The molecule has 598 valence electrons. The molecular formula is C77H101F3N18O13. The molecule has 0 atom stereocenters. The summed E-state index contributed by atoms with van der Waals surface area (Å²) in [6, 6.07) is 15.2. The van der Waals surface area contributed by atoms with E-state index in [2.05, 4.69) is 60.4 Å². The first kappa shape index (κ1) is 79.8. The van der Waals surface area contributed by atoms with Crippen LogP contribution in [0.3, 0.4) is 0 Å². The first-order valence-corrected chi connectivity index (χ1v) is 38.5. The summed E-state index contributed by atoms with van der Waals surface area (Å²) in [4.78, 5) is 73.5. The maximum Gasteiger partial charge on any atom is 0.410 e. The second-order valence-corrected chi connectivity index (χ2v) is 32.5. The molecule has 9 aromatic rings. The molecule has 34 heteroatoms. The number of hydrogen-bond donors (Lipinski definition) is 4. The second kappa shape index (κ2) is 32.8. The number of rotatable bonds is 15. The van der Waals surface area contributed by atoms with Crippen molar-refractivity contribution < 1.29 is 75.8 Å². The van der Waals surface area contributed by atoms with E-state index in [4.69, 9.17) is 28.1 Å². The van der Waals surface area contributed by atoms with Crippen LogP contribution in [0.2, 0.25) is 0 Å². The fraction of sp³-hybridized carbons (Fsp3) is 0.597. The molecule has 15 rings (SSSR count).